The van der Waals surface area contributed by atoms with Gasteiger partial charge in [0.15, 0.2) is 0 Å². The third-order valence-electron chi connectivity index (χ3n) is 6.05. The van der Waals surface area contributed by atoms with Crippen LogP contribution in [0.5, 0.6) is 5.75 Å². The van der Waals surface area contributed by atoms with E-state index in [0.717, 1.165) is 16.5 Å². The molecule has 1 atom stereocenters. The van der Waals surface area contributed by atoms with Gasteiger partial charge < -0.3 is 19.5 Å². The quantitative estimate of drug-likeness (QED) is 0.224. The molecule has 1 amide bonds. The fourth-order valence-corrected chi connectivity index (χ4v) is 4.52. The summed E-state index contributed by atoms with van der Waals surface area (Å²) in [6.45, 7) is 12.9. The summed E-state index contributed by atoms with van der Waals surface area (Å²) in [6.07, 6.45) is 1.03. The molecule has 0 aliphatic carbocycles. The van der Waals surface area contributed by atoms with Crippen molar-refractivity contribution in [1.82, 2.24) is 20.1 Å². The van der Waals surface area contributed by atoms with Crippen molar-refractivity contribution in [3.63, 3.8) is 0 Å². The number of halogens is 1. The average Bonchev–Trinajstić information content (AvgIpc) is 3.22. The molecule has 42 heavy (non-hydrogen) atoms. The number of ether oxygens (including phenoxy) is 3. The topological polar surface area (TPSA) is 105 Å². The third-order valence-corrected chi connectivity index (χ3v) is 6.35. The van der Waals surface area contributed by atoms with E-state index in [2.05, 4.69) is 15.4 Å². The number of nitrogens with zero attached hydrogens (tertiary/aromatic N) is 3. The molecule has 0 fully saturated rings. The Bertz CT molecular complexity index is 1570. The fraction of sp³-hybridized carbons (Fsp3) is 0.375. The van der Waals surface area contributed by atoms with Crippen LogP contribution in [0.25, 0.3) is 22.0 Å². The van der Waals surface area contributed by atoms with Gasteiger partial charge in [0.1, 0.15) is 28.7 Å². The van der Waals surface area contributed by atoms with Gasteiger partial charge in [-0.3, -0.25) is 0 Å². The largest absolute Gasteiger partial charge is 0.490 e. The minimum absolute atomic E-state index is 0.178. The number of aryl methyl sites for hydroxylation is 1. The van der Waals surface area contributed by atoms with Crippen LogP contribution < -0.4 is 10.1 Å². The standard InChI is InChI=1S/C32H37ClN4O5/c1-20-25-16-22(13-14-27(25)37(36-20)30(39)42-32(5,6)7)26-17-24(18-34-28(26)33)40-19-23(15-21-11-9-8-10-12-21)35-29(38)41-31(2,3)4/h8-14,16-18,23H,15,19H2,1-7H3,(H,35,38). The van der Waals surface area contributed by atoms with Gasteiger partial charge in [-0.05, 0) is 84.2 Å². The van der Waals surface area contributed by atoms with Crippen LogP contribution in [-0.2, 0) is 15.9 Å². The second-order valence-corrected chi connectivity index (χ2v) is 12.4. The molecule has 1 unspecified atom stereocenters. The SMILES string of the molecule is Cc1nn(C(=O)OC(C)(C)C)c2ccc(-c3cc(OCC(Cc4ccccc4)NC(=O)OC(C)(C)C)cnc3Cl)cc12. The maximum atomic E-state index is 12.7. The number of carbonyl (C=O) groups excluding carboxylic acids is 2. The lowest BCUT2D eigenvalue weighted by Crippen LogP contribution is -2.43. The summed E-state index contributed by atoms with van der Waals surface area (Å²) in [5.41, 5.74) is 2.51. The van der Waals surface area contributed by atoms with Crippen molar-refractivity contribution in [2.24, 2.45) is 0 Å². The van der Waals surface area contributed by atoms with Crippen LogP contribution in [-0.4, -0.2) is 50.8 Å². The Morgan fingerprint density at radius 2 is 1.67 bits per heavy atom. The molecule has 2 heterocycles. The first-order chi connectivity index (χ1) is 19.7. The molecule has 0 saturated heterocycles. The van der Waals surface area contributed by atoms with Crippen molar-refractivity contribution >= 4 is 34.7 Å². The van der Waals surface area contributed by atoms with Crippen LogP contribution in [0, 0.1) is 6.92 Å². The molecule has 0 bridgehead atoms. The summed E-state index contributed by atoms with van der Waals surface area (Å²) in [5.74, 6) is 0.486. The molecule has 1 N–H and O–H groups in total. The molecular weight excluding hydrogens is 556 g/mol. The molecule has 0 saturated carbocycles. The number of pyridine rings is 1. The normalized spacial score (nSPS) is 12.6. The van der Waals surface area contributed by atoms with Crippen LogP contribution >= 0.6 is 11.6 Å². The lowest BCUT2D eigenvalue weighted by atomic mass is 10.0. The van der Waals surface area contributed by atoms with Crippen molar-refractivity contribution in [1.29, 1.82) is 0 Å². The van der Waals surface area contributed by atoms with Crippen LogP contribution in [0.2, 0.25) is 5.15 Å². The van der Waals surface area contributed by atoms with Gasteiger partial charge in [-0.2, -0.15) is 9.78 Å². The van der Waals surface area contributed by atoms with E-state index in [4.69, 9.17) is 25.8 Å². The van der Waals surface area contributed by atoms with Crippen LogP contribution in [0.3, 0.4) is 0 Å². The number of hydrogen-bond donors (Lipinski definition) is 1. The Labute approximate surface area is 251 Å². The van der Waals surface area contributed by atoms with Gasteiger partial charge in [0.25, 0.3) is 0 Å². The molecule has 9 nitrogen and oxygen atoms in total. The highest BCUT2D eigenvalue weighted by atomic mass is 35.5. The molecule has 0 radical (unpaired) electrons. The van der Waals surface area contributed by atoms with Crippen LogP contribution in [0.4, 0.5) is 9.59 Å². The molecule has 10 heteroatoms. The zero-order chi connectivity index (χ0) is 30.7. The van der Waals surface area contributed by atoms with Gasteiger partial charge in [-0.1, -0.05) is 48.0 Å². The second-order valence-electron chi connectivity index (χ2n) is 12.1. The number of nitrogens with one attached hydrogen (secondary N) is 1. The number of alkyl carbamates (subject to hydrolysis) is 1. The van der Waals surface area contributed by atoms with E-state index in [9.17, 15) is 9.59 Å². The first-order valence-corrected chi connectivity index (χ1v) is 14.1. The summed E-state index contributed by atoms with van der Waals surface area (Å²) in [6, 6.07) is 16.8. The third kappa shape index (κ3) is 8.22. The van der Waals surface area contributed by atoms with E-state index in [0.29, 0.717) is 34.1 Å². The first-order valence-electron chi connectivity index (χ1n) is 13.7. The van der Waals surface area contributed by atoms with E-state index in [-0.39, 0.29) is 12.6 Å². The van der Waals surface area contributed by atoms with Gasteiger partial charge in [0.05, 0.1) is 23.4 Å². The highest BCUT2D eigenvalue weighted by molar-refractivity contribution is 6.32. The number of hydrogen-bond acceptors (Lipinski definition) is 7. The van der Waals surface area contributed by atoms with E-state index in [1.807, 2.05) is 90.9 Å². The lowest BCUT2D eigenvalue weighted by Gasteiger charge is -2.24. The maximum absolute atomic E-state index is 12.7. The number of rotatable bonds is 7. The maximum Gasteiger partial charge on any atom is 0.435 e. The molecule has 2 aromatic carbocycles. The molecule has 0 spiro atoms. The summed E-state index contributed by atoms with van der Waals surface area (Å²) in [5, 5.41) is 8.40. The van der Waals surface area contributed by atoms with Gasteiger partial charge >= 0.3 is 12.2 Å². The van der Waals surface area contributed by atoms with Gasteiger partial charge in [-0.25, -0.2) is 14.6 Å². The number of amides is 1. The van der Waals surface area contributed by atoms with E-state index >= 15 is 0 Å². The minimum Gasteiger partial charge on any atom is -0.490 e. The van der Waals surface area contributed by atoms with E-state index in [1.54, 1.807) is 18.3 Å². The Kier molecular flexibility index (Phi) is 9.11. The van der Waals surface area contributed by atoms with Crippen molar-refractivity contribution < 1.29 is 23.8 Å². The zero-order valence-corrected chi connectivity index (χ0v) is 25.8. The van der Waals surface area contributed by atoms with Crippen molar-refractivity contribution in [3.8, 4) is 16.9 Å². The highest BCUT2D eigenvalue weighted by Crippen LogP contribution is 2.33. The van der Waals surface area contributed by atoms with E-state index < -0.39 is 23.4 Å². The van der Waals surface area contributed by atoms with Crippen LogP contribution in [0.15, 0.2) is 60.8 Å². The van der Waals surface area contributed by atoms with Crippen molar-refractivity contribution in [2.45, 2.75) is 72.1 Å². The lowest BCUT2D eigenvalue weighted by molar-refractivity contribution is 0.0484. The number of aromatic nitrogens is 3. The van der Waals surface area contributed by atoms with Crippen LogP contribution in [0.1, 0.15) is 52.8 Å². The summed E-state index contributed by atoms with van der Waals surface area (Å²) in [4.78, 5) is 29.6. The Balaban J connectivity index is 1.56. The molecule has 2 aromatic heterocycles. The highest BCUT2D eigenvalue weighted by Gasteiger charge is 2.23. The number of benzene rings is 2. The summed E-state index contributed by atoms with van der Waals surface area (Å²) >= 11 is 6.52. The van der Waals surface area contributed by atoms with Gasteiger partial charge in [0.2, 0.25) is 0 Å². The molecule has 0 aliphatic rings. The minimum atomic E-state index is -0.647. The molecule has 4 rings (SSSR count). The predicted molar refractivity (Wildman–Crippen MR) is 163 cm³/mol. The monoisotopic (exact) mass is 592 g/mol. The van der Waals surface area contributed by atoms with E-state index in [1.165, 1.54) is 4.68 Å². The smallest absolute Gasteiger partial charge is 0.435 e. The predicted octanol–water partition coefficient (Wildman–Crippen LogP) is 7.36. The summed E-state index contributed by atoms with van der Waals surface area (Å²) < 4.78 is 18.4. The Morgan fingerprint density at radius 3 is 2.33 bits per heavy atom. The van der Waals surface area contributed by atoms with Gasteiger partial charge in [-0.15, -0.1) is 0 Å². The fourth-order valence-electron chi connectivity index (χ4n) is 4.31. The number of fused-ring (bicyclic) bond motifs is 1. The number of carbonyl (C=O) groups is 2. The molecule has 0 aliphatic heterocycles. The van der Waals surface area contributed by atoms with Crippen molar-refractivity contribution in [2.75, 3.05) is 6.61 Å². The first kappa shape index (κ1) is 30.8. The van der Waals surface area contributed by atoms with Gasteiger partial charge in [0, 0.05) is 10.9 Å². The zero-order valence-electron chi connectivity index (χ0n) is 25.0. The van der Waals surface area contributed by atoms with Crippen molar-refractivity contribution in [3.05, 3.63) is 77.2 Å². The molecule has 4 aromatic rings. The molecular formula is C32H37ClN4O5. The second kappa shape index (κ2) is 12.4. The molecule has 222 valence electrons. The average molecular weight is 593 g/mol. The summed E-state index contributed by atoms with van der Waals surface area (Å²) in [7, 11) is 0. The Morgan fingerprint density at radius 1 is 0.976 bits per heavy atom. The Hall–Kier alpha value is -4.11.